The third-order valence-corrected chi connectivity index (χ3v) is 5.19. The number of pyridine rings is 1. The van der Waals surface area contributed by atoms with Crippen molar-refractivity contribution in [1.29, 1.82) is 0 Å². The Kier molecular flexibility index (Phi) is 4.45. The monoisotopic (exact) mass is 405 g/mol. The normalized spacial score (nSPS) is 12.6. The van der Waals surface area contributed by atoms with Crippen LogP contribution in [0.25, 0.3) is 10.2 Å². The van der Waals surface area contributed by atoms with E-state index in [-0.39, 0.29) is 5.91 Å². The lowest BCUT2D eigenvalue weighted by Gasteiger charge is -2.17. The van der Waals surface area contributed by atoms with E-state index in [1.165, 1.54) is 11.3 Å². The van der Waals surface area contributed by atoms with Gasteiger partial charge in [0.05, 0.1) is 16.4 Å². The van der Waals surface area contributed by atoms with Gasteiger partial charge in [0.1, 0.15) is 24.7 Å². The molecule has 4 aromatic rings. The molecule has 1 aliphatic heterocycles. The average Bonchev–Trinajstić information content (AvgIpc) is 3.14. The summed E-state index contributed by atoms with van der Waals surface area (Å²) in [5, 5.41) is 3.36. The highest BCUT2D eigenvalue weighted by Gasteiger charge is 2.16. The molecule has 0 atom stereocenters. The molecular formula is C21H15N3O4S. The van der Waals surface area contributed by atoms with E-state index in [9.17, 15) is 4.79 Å². The summed E-state index contributed by atoms with van der Waals surface area (Å²) >= 11 is 1.39. The number of benzene rings is 2. The van der Waals surface area contributed by atoms with Gasteiger partial charge in [-0.3, -0.25) is 15.1 Å². The topological polar surface area (TPSA) is 82.6 Å². The van der Waals surface area contributed by atoms with Gasteiger partial charge >= 0.3 is 0 Å². The Balaban J connectivity index is 1.31. The van der Waals surface area contributed by atoms with Crippen molar-refractivity contribution in [2.24, 2.45) is 0 Å². The summed E-state index contributed by atoms with van der Waals surface area (Å²) < 4.78 is 17.8. The van der Waals surface area contributed by atoms with Crippen LogP contribution in [-0.2, 0) is 0 Å². The van der Waals surface area contributed by atoms with E-state index >= 15 is 0 Å². The van der Waals surface area contributed by atoms with E-state index in [1.54, 1.807) is 42.7 Å². The lowest BCUT2D eigenvalue weighted by Crippen LogP contribution is -2.15. The number of carbonyl (C=O) groups excluding carboxylic acids is 1. The van der Waals surface area contributed by atoms with Crippen molar-refractivity contribution in [1.82, 2.24) is 9.97 Å². The number of rotatable bonds is 4. The third-order valence-electron chi connectivity index (χ3n) is 4.26. The molecule has 2 aromatic carbocycles. The number of anilines is 1. The SMILES string of the molecule is O=C(Nc1nc2cc3c(cc2s1)OCCO3)c1ccc(Oc2cccnc2)cc1. The van der Waals surface area contributed by atoms with Crippen molar-refractivity contribution in [3.8, 4) is 23.0 Å². The maximum Gasteiger partial charge on any atom is 0.257 e. The Bertz CT molecular complexity index is 1130. The molecule has 0 unspecified atom stereocenters. The molecule has 0 bridgehead atoms. The predicted octanol–water partition coefficient (Wildman–Crippen LogP) is 4.51. The van der Waals surface area contributed by atoms with Crippen LogP contribution in [-0.4, -0.2) is 29.1 Å². The molecule has 0 saturated carbocycles. The number of amides is 1. The Morgan fingerprint density at radius 3 is 2.59 bits per heavy atom. The number of hydrogen-bond donors (Lipinski definition) is 1. The zero-order valence-electron chi connectivity index (χ0n) is 15.1. The quantitative estimate of drug-likeness (QED) is 0.538. The first-order chi connectivity index (χ1) is 14.2. The van der Waals surface area contributed by atoms with Gasteiger partial charge in [-0.25, -0.2) is 4.98 Å². The van der Waals surface area contributed by atoms with Crippen LogP contribution in [0.2, 0.25) is 0 Å². The summed E-state index contributed by atoms with van der Waals surface area (Å²) in [5.41, 5.74) is 1.27. The van der Waals surface area contributed by atoms with Crippen molar-refractivity contribution < 1.29 is 19.0 Å². The number of aromatic nitrogens is 2. The molecule has 1 N–H and O–H groups in total. The number of ether oxygens (including phenoxy) is 3. The zero-order chi connectivity index (χ0) is 19.6. The highest BCUT2D eigenvalue weighted by molar-refractivity contribution is 7.22. The van der Waals surface area contributed by atoms with Gasteiger partial charge in [-0.05, 0) is 36.4 Å². The second-order valence-corrected chi connectivity index (χ2v) is 7.28. The van der Waals surface area contributed by atoms with E-state index in [2.05, 4.69) is 15.3 Å². The molecule has 1 amide bonds. The van der Waals surface area contributed by atoms with E-state index in [4.69, 9.17) is 14.2 Å². The first kappa shape index (κ1) is 17.4. The molecule has 7 nitrogen and oxygen atoms in total. The number of hydrogen-bond acceptors (Lipinski definition) is 7. The van der Waals surface area contributed by atoms with Crippen molar-refractivity contribution in [2.45, 2.75) is 0 Å². The van der Waals surface area contributed by atoms with Crippen LogP contribution >= 0.6 is 11.3 Å². The summed E-state index contributed by atoms with van der Waals surface area (Å²) in [4.78, 5) is 21.1. The third kappa shape index (κ3) is 3.70. The molecule has 3 heterocycles. The minimum absolute atomic E-state index is 0.241. The van der Waals surface area contributed by atoms with Crippen molar-refractivity contribution in [3.63, 3.8) is 0 Å². The second-order valence-electron chi connectivity index (χ2n) is 6.25. The average molecular weight is 405 g/mol. The minimum atomic E-state index is -0.241. The van der Waals surface area contributed by atoms with Crippen LogP contribution in [0.1, 0.15) is 10.4 Å². The number of nitrogens with one attached hydrogen (secondary N) is 1. The Morgan fingerprint density at radius 2 is 1.83 bits per heavy atom. The fourth-order valence-electron chi connectivity index (χ4n) is 2.91. The van der Waals surface area contributed by atoms with E-state index in [0.717, 1.165) is 10.2 Å². The summed E-state index contributed by atoms with van der Waals surface area (Å²) in [5.74, 6) is 2.40. The van der Waals surface area contributed by atoms with Crippen molar-refractivity contribution >= 4 is 32.6 Å². The van der Waals surface area contributed by atoms with Crippen molar-refractivity contribution in [2.75, 3.05) is 18.5 Å². The lowest BCUT2D eigenvalue weighted by molar-refractivity contribution is 0.102. The molecule has 0 spiro atoms. The van der Waals surface area contributed by atoms with Crippen LogP contribution in [0.3, 0.4) is 0 Å². The Labute approximate surface area is 169 Å². The molecule has 8 heteroatoms. The molecule has 0 radical (unpaired) electrons. The van der Waals surface area contributed by atoms with Crippen LogP contribution in [0, 0.1) is 0 Å². The molecule has 1 aliphatic rings. The van der Waals surface area contributed by atoms with Crippen LogP contribution in [0.4, 0.5) is 5.13 Å². The lowest BCUT2D eigenvalue weighted by atomic mass is 10.2. The molecule has 0 aliphatic carbocycles. The summed E-state index contributed by atoms with van der Waals surface area (Å²) in [6, 6.07) is 14.2. The van der Waals surface area contributed by atoms with Gasteiger partial charge in [-0.1, -0.05) is 11.3 Å². The molecule has 2 aromatic heterocycles. The molecule has 144 valence electrons. The number of fused-ring (bicyclic) bond motifs is 2. The Morgan fingerprint density at radius 1 is 1.03 bits per heavy atom. The van der Waals surface area contributed by atoms with Gasteiger partial charge in [0, 0.05) is 23.9 Å². The highest BCUT2D eigenvalue weighted by atomic mass is 32.1. The number of carbonyl (C=O) groups is 1. The maximum atomic E-state index is 12.6. The van der Waals surface area contributed by atoms with Crippen molar-refractivity contribution in [3.05, 3.63) is 66.5 Å². The van der Waals surface area contributed by atoms with E-state index in [0.29, 0.717) is 46.9 Å². The summed E-state index contributed by atoms with van der Waals surface area (Å²) in [7, 11) is 0. The first-order valence-electron chi connectivity index (χ1n) is 8.94. The zero-order valence-corrected chi connectivity index (χ0v) is 15.9. The molecule has 0 fully saturated rings. The first-order valence-corrected chi connectivity index (χ1v) is 9.76. The summed E-state index contributed by atoms with van der Waals surface area (Å²) in [6.07, 6.45) is 3.30. The smallest absolute Gasteiger partial charge is 0.257 e. The maximum absolute atomic E-state index is 12.6. The fraction of sp³-hybridized carbons (Fsp3) is 0.0952. The van der Waals surface area contributed by atoms with E-state index in [1.807, 2.05) is 18.2 Å². The minimum Gasteiger partial charge on any atom is -0.486 e. The van der Waals surface area contributed by atoms with E-state index < -0.39 is 0 Å². The predicted molar refractivity (Wildman–Crippen MR) is 109 cm³/mol. The highest BCUT2D eigenvalue weighted by Crippen LogP contribution is 2.37. The van der Waals surface area contributed by atoms with Crippen LogP contribution in [0.5, 0.6) is 23.0 Å². The Hall–Kier alpha value is -3.65. The molecule has 29 heavy (non-hydrogen) atoms. The summed E-state index contributed by atoms with van der Waals surface area (Å²) in [6.45, 7) is 1.05. The van der Waals surface area contributed by atoms with Gasteiger partial charge in [0.15, 0.2) is 16.6 Å². The molecular weight excluding hydrogens is 390 g/mol. The number of thiazole rings is 1. The number of nitrogens with zero attached hydrogens (tertiary/aromatic N) is 2. The van der Waals surface area contributed by atoms with Gasteiger partial charge in [0.25, 0.3) is 5.91 Å². The van der Waals surface area contributed by atoms with Gasteiger partial charge in [-0.15, -0.1) is 0 Å². The molecule has 0 saturated heterocycles. The van der Waals surface area contributed by atoms with Gasteiger partial charge in [-0.2, -0.15) is 0 Å². The molecule has 5 rings (SSSR count). The van der Waals surface area contributed by atoms with Gasteiger partial charge in [0.2, 0.25) is 0 Å². The standard InChI is InChI=1S/C21H15N3O4S/c25-20(13-3-5-14(6-4-13)28-15-2-1-7-22-12-15)24-21-23-16-10-17-18(11-19(16)29-21)27-9-8-26-17/h1-7,10-12H,8-9H2,(H,23,24,25). The largest absolute Gasteiger partial charge is 0.486 e. The van der Waals surface area contributed by atoms with Crippen LogP contribution < -0.4 is 19.5 Å². The fourth-order valence-corrected chi connectivity index (χ4v) is 3.78. The second kappa shape index (κ2) is 7.40. The van der Waals surface area contributed by atoms with Crippen LogP contribution in [0.15, 0.2) is 60.9 Å². The van der Waals surface area contributed by atoms with Gasteiger partial charge < -0.3 is 14.2 Å².